The molecule has 0 bridgehead atoms. The molecule has 0 aliphatic carbocycles. The number of ether oxygens (including phenoxy) is 1. The molecule has 3 aromatic rings. The van der Waals surface area contributed by atoms with Crippen molar-refractivity contribution in [1.29, 1.82) is 0 Å². The standard InChI is InChI=1S/C18H20N2O/c19-11-9-15-5-4-8-18-17(15)10-12-20(18)13-14-21-16-6-2-1-3-7-16/h1-8,10,12H,9,11,13-14,19H2. The van der Waals surface area contributed by atoms with Crippen LogP contribution in [0.4, 0.5) is 0 Å². The summed E-state index contributed by atoms with van der Waals surface area (Å²) in [7, 11) is 0. The maximum Gasteiger partial charge on any atom is 0.119 e. The Labute approximate surface area is 125 Å². The zero-order valence-electron chi connectivity index (χ0n) is 12.0. The first kappa shape index (κ1) is 13.7. The zero-order chi connectivity index (χ0) is 14.5. The van der Waals surface area contributed by atoms with Crippen molar-refractivity contribution < 1.29 is 4.74 Å². The van der Waals surface area contributed by atoms with Gasteiger partial charge in [-0.25, -0.2) is 0 Å². The van der Waals surface area contributed by atoms with E-state index in [-0.39, 0.29) is 0 Å². The molecular formula is C18H20N2O. The van der Waals surface area contributed by atoms with Crippen LogP contribution in [0.2, 0.25) is 0 Å². The molecule has 1 aromatic heterocycles. The second-order valence-corrected chi connectivity index (χ2v) is 5.06. The molecule has 0 unspecified atom stereocenters. The fraction of sp³-hybridized carbons (Fsp3) is 0.222. The first-order valence-electron chi connectivity index (χ1n) is 7.33. The van der Waals surface area contributed by atoms with Crippen LogP contribution in [0.15, 0.2) is 60.8 Å². The molecule has 0 saturated carbocycles. The van der Waals surface area contributed by atoms with Gasteiger partial charge in [0.15, 0.2) is 0 Å². The molecule has 2 N–H and O–H groups in total. The molecule has 0 fully saturated rings. The van der Waals surface area contributed by atoms with E-state index in [9.17, 15) is 0 Å². The minimum atomic E-state index is 0.662. The fourth-order valence-corrected chi connectivity index (χ4v) is 2.63. The van der Waals surface area contributed by atoms with Crippen LogP contribution in [0.5, 0.6) is 5.75 Å². The number of para-hydroxylation sites is 1. The van der Waals surface area contributed by atoms with E-state index in [2.05, 4.69) is 35.0 Å². The highest BCUT2D eigenvalue weighted by Gasteiger charge is 2.05. The van der Waals surface area contributed by atoms with Gasteiger partial charge in [-0.2, -0.15) is 0 Å². The van der Waals surface area contributed by atoms with E-state index in [0.29, 0.717) is 13.2 Å². The number of hydrogen-bond acceptors (Lipinski definition) is 2. The van der Waals surface area contributed by atoms with E-state index in [1.807, 2.05) is 30.3 Å². The maximum absolute atomic E-state index is 5.77. The van der Waals surface area contributed by atoms with Crippen LogP contribution in [-0.2, 0) is 13.0 Å². The average Bonchev–Trinajstić information content (AvgIpc) is 2.93. The third kappa shape index (κ3) is 3.09. The predicted molar refractivity (Wildman–Crippen MR) is 86.6 cm³/mol. The minimum Gasteiger partial charge on any atom is -0.492 e. The highest BCUT2D eigenvalue weighted by molar-refractivity contribution is 5.83. The van der Waals surface area contributed by atoms with E-state index in [4.69, 9.17) is 10.5 Å². The van der Waals surface area contributed by atoms with Gasteiger partial charge in [0.1, 0.15) is 12.4 Å². The molecule has 3 heteroatoms. The number of hydrogen-bond donors (Lipinski definition) is 1. The highest BCUT2D eigenvalue weighted by atomic mass is 16.5. The van der Waals surface area contributed by atoms with Gasteiger partial charge in [0, 0.05) is 17.1 Å². The van der Waals surface area contributed by atoms with Crippen LogP contribution in [0.3, 0.4) is 0 Å². The minimum absolute atomic E-state index is 0.662. The summed E-state index contributed by atoms with van der Waals surface area (Å²) in [5.74, 6) is 0.915. The molecule has 0 radical (unpaired) electrons. The van der Waals surface area contributed by atoms with Gasteiger partial charge >= 0.3 is 0 Å². The number of fused-ring (bicyclic) bond motifs is 1. The van der Waals surface area contributed by atoms with Crippen molar-refractivity contribution >= 4 is 10.9 Å². The van der Waals surface area contributed by atoms with Crippen LogP contribution in [0.1, 0.15) is 5.56 Å². The van der Waals surface area contributed by atoms with Crippen LogP contribution >= 0.6 is 0 Å². The summed E-state index contributed by atoms with van der Waals surface area (Å²) < 4.78 is 8.00. The van der Waals surface area contributed by atoms with Crippen LogP contribution in [-0.4, -0.2) is 17.7 Å². The van der Waals surface area contributed by atoms with Gasteiger partial charge in [0.2, 0.25) is 0 Å². The lowest BCUT2D eigenvalue weighted by Gasteiger charge is -2.09. The second kappa shape index (κ2) is 6.46. The summed E-state index contributed by atoms with van der Waals surface area (Å²) in [6, 6.07) is 18.5. The molecular weight excluding hydrogens is 260 g/mol. The van der Waals surface area contributed by atoms with E-state index in [0.717, 1.165) is 18.7 Å². The molecule has 1 heterocycles. The first-order valence-corrected chi connectivity index (χ1v) is 7.33. The molecule has 0 aliphatic rings. The number of rotatable bonds is 6. The number of nitrogens with zero attached hydrogens (tertiary/aromatic N) is 1. The third-order valence-corrected chi connectivity index (χ3v) is 3.66. The van der Waals surface area contributed by atoms with Crippen LogP contribution < -0.4 is 10.5 Å². The van der Waals surface area contributed by atoms with Gasteiger partial charge in [-0.15, -0.1) is 0 Å². The predicted octanol–water partition coefficient (Wildman–Crippen LogP) is 3.22. The largest absolute Gasteiger partial charge is 0.492 e. The fourth-order valence-electron chi connectivity index (χ4n) is 2.63. The molecule has 0 spiro atoms. The molecule has 0 amide bonds. The summed E-state index contributed by atoms with van der Waals surface area (Å²) in [5, 5.41) is 1.29. The van der Waals surface area contributed by atoms with Gasteiger partial charge in [0.05, 0.1) is 6.54 Å². The lowest BCUT2D eigenvalue weighted by Crippen LogP contribution is -2.07. The van der Waals surface area contributed by atoms with Crippen LogP contribution in [0, 0.1) is 0 Å². The van der Waals surface area contributed by atoms with Gasteiger partial charge in [-0.1, -0.05) is 30.3 Å². The topological polar surface area (TPSA) is 40.2 Å². The summed E-state index contributed by atoms with van der Waals surface area (Å²) in [6.45, 7) is 2.18. The van der Waals surface area contributed by atoms with Crippen LogP contribution in [0.25, 0.3) is 10.9 Å². The quantitative estimate of drug-likeness (QED) is 0.753. The summed E-state index contributed by atoms with van der Waals surface area (Å²) in [4.78, 5) is 0. The van der Waals surface area contributed by atoms with Crippen molar-refractivity contribution in [2.45, 2.75) is 13.0 Å². The molecule has 0 aliphatic heterocycles. The number of aromatic nitrogens is 1. The summed E-state index contributed by atoms with van der Waals surface area (Å²) in [6.07, 6.45) is 3.04. The molecule has 0 atom stereocenters. The van der Waals surface area contributed by atoms with E-state index in [1.54, 1.807) is 0 Å². The molecule has 0 saturated heterocycles. The van der Waals surface area contributed by atoms with E-state index in [1.165, 1.54) is 16.5 Å². The number of nitrogens with two attached hydrogens (primary N) is 1. The Bertz CT molecular complexity index is 704. The SMILES string of the molecule is NCCc1cccc2c1ccn2CCOc1ccccc1. The third-order valence-electron chi connectivity index (χ3n) is 3.66. The average molecular weight is 280 g/mol. The van der Waals surface area contributed by atoms with Crippen molar-refractivity contribution in [2.24, 2.45) is 5.73 Å². The molecule has 21 heavy (non-hydrogen) atoms. The monoisotopic (exact) mass is 280 g/mol. The van der Waals surface area contributed by atoms with Gasteiger partial charge in [0.25, 0.3) is 0 Å². The van der Waals surface area contributed by atoms with Crippen molar-refractivity contribution in [1.82, 2.24) is 4.57 Å². The molecule has 2 aromatic carbocycles. The molecule has 3 nitrogen and oxygen atoms in total. The Morgan fingerprint density at radius 2 is 1.81 bits per heavy atom. The van der Waals surface area contributed by atoms with Gasteiger partial charge in [-0.3, -0.25) is 0 Å². The zero-order valence-corrected chi connectivity index (χ0v) is 12.0. The Kier molecular flexibility index (Phi) is 4.22. The van der Waals surface area contributed by atoms with Crippen molar-refractivity contribution in [3.05, 3.63) is 66.4 Å². The summed E-state index contributed by atoms with van der Waals surface area (Å²) in [5.41, 5.74) is 8.24. The Hall–Kier alpha value is -2.26. The highest BCUT2D eigenvalue weighted by Crippen LogP contribution is 2.20. The number of benzene rings is 2. The lowest BCUT2D eigenvalue weighted by atomic mass is 10.1. The lowest BCUT2D eigenvalue weighted by molar-refractivity contribution is 0.300. The molecule has 3 rings (SSSR count). The van der Waals surface area contributed by atoms with E-state index < -0.39 is 0 Å². The van der Waals surface area contributed by atoms with Crippen molar-refractivity contribution in [2.75, 3.05) is 13.2 Å². The maximum atomic E-state index is 5.77. The second-order valence-electron chi connectivity index (χ2n) is 5.06. The Balaban J connectivity index is 1.71. The summed E-state index contributed by atoms with van der Waals surface area (Å²) >= 11 is 0. The normalized spacial score (nSPS) is 10.9. The Morgan fingerprint density at radius 1 is 0.952 bits per heavy atom. The van der Waals surface area contributed by atoms with Gasteiger partial charge < -0.3 is 15.0 Å². The first-order chi connectivity index (χ1) is 10.4. The van der Waals surface area contributed by atoms with Crippen molar-refractivity contribution in [3.8, 4) is 5.75 Å². The smallest absolute Gasteiger partial charge is 0.119 e. The molecule has 108 valence electrons. The van der Waals surface area contributed by atoms with Gasteiger partial charge in [-0.05, 0) is 42.8 Å². The Morgan fingerprint density at radius 3 is 2.62 bits per heavy atom. The van der Waals surface area contributed by atoms with Crippen molar-refractivity contribution in [3.63, 3.8) is 0 Å². The van der Waals surface area contributed by atoms with E-state index >= 15 is 0 Å².